The van der Waals surface area contributed by atoms with Gasteiger partial charge in [0.25, 0.3) is 0 Å². The van der Waals surface area contributed by atoms with Gasteiger partial charge in [0.15, 0.2) is 18.2 Å². The minimum absolute atomic E-state index is 0.100. The van der Waals surface area contributed by atoms with Crippen molar-refractivity contribution in [1.82, 2.24) is 4.98 Å². The van der Waals surface area contributed by atoms with Crippen molar-refractivity contribution in [3.05, 3.63) is 121 Å². The highest BCUT2D eigenvalue weighted by atomic mass is 16.1. The first kappa shape index (κ1) is 19.5. The van der Waals surface area contributed by atoms with Crippen LogP contribution in [0.15, 0.2) is 109 Å². The first-order chi connectivity index (χ1) is 14.7. The minimum Gasteiger partial charge on any atom is -0.294 e. The molecular formula is C27H23N2O+. The van der Waals surface area contributed by atoms with Crippen LogP contribution in [-0.2, 0) is 13.5 Å². The lowest BCUT2D eigenvalue weighted by molar-refractivity contribution is -0.670. The fourth-order valence-corrected chi connectivity index (χ4v) is 3.34. The van der Waals surface area contributed by atoms with E-state index in [-0.39, 0.29) is 5.78 Å². The Morgan fingerprint density at radius 2 is 1.40 bits per heavy atom. The third-order valence-electron chi connectivity index (χ3n) is 4.92. The van der Waals surface area contributed by atoms with Crippen LogP contribution in [0, 0.1) is 0 Å². The molecule has 0 saturated heterocycles. The van der Waals surface area contributed by atoms with Crippen molar-refractivity contribution in [3.8, 4) is 0 Å². The van der Waals surface area contributed by atoms with E-state index < -0.39 is 0 Å². The van der Waals surface area contributed by atoms with Crippen LogP contribution in [0.5, 0.6) is 0 Å². The van der Waals surface area contributed by atoms with E-state index in [1.54, 1.807) is 0 Å². The predicted octanol–water partition coefficient (Wildman–Crippen LogP) is 5.32. The number of carbonyl (C=O) groups excluding carboxylic acids is 1. The summed E-state index contributed by atoms with van der Waals surface area (Å²) < 4.78 is 2.06. The van der Waals surface area contributed by atoms with Gasteiger partial charge < -0.3 is 0 Å². The molecule has 0 aliphatic heterocycles. The number of nitrogens with zero attached hydrogens (tertiary/aromatic N) is 2. The van der Waals surface area contributed by atoms with Crippen LogP contribution >= 0.6 is 0 Å². The molecule has 5 aromatic rings. The zero-order valence-corrected chi connectivity index (χ0v) is 16.9. The number of ketones is 1. The summed E-state index contributed by atoms with van der Waals surface area (Å²) in [6.07, 6.45) is 4.52. The molecule has 3 aromatic carbocycles. The number of carbonyl (C=O) groups is 1. The molecule has 2 heterocycles. The first-order valence-electron chi connectivity index (χ1n) is 9.96. The molecule has 0 bridgehead atoms. The van der Waals surface area contributed by atoms with Crippen LogP contribution < -0.4 is 4.57 Å². The van der Waals surface area contributed by atoms with Crippen molar-refractivity contribution < 1.29 is 9.36 Å². The minimum atomic E-state index is 0.100. The maximum atomic E-state index is 12.1. The van der Waals surface area contributed by atoms with Crippen molar-refractivity contribution >= 4 is 27.5 Å². The first-order valence-corrected chi connectivity index (χ1v) is 9.96. The summed E-state index contributed by atoms with van der Waals surface area (Å²) in [6.45, 7) is 0. The molecule has 5 rings (SSSR count). The van der Waals surface area contributed by atoms with E-state index in [9.17, 15) is 4.79 Å². The Kier molecular flexibility index (Phi) is 5.90. The number of rotatable bonds is 3. The molecule has 0 unspecified atom stereocenters. The van der Waals surface area contributed by atoms with Crippen LogP contribution in [-0.4, -0.2) is 10.8 Å². The van der Waals surface area contributed by atoms with Crippen molar-refractivity contribution in [2.45, 2.75) is 6.42 Å². The van der Waals surface area contributed by atoms with Crippen LogP contribution in [0.2, 0.25) is 0 Å². The van der Waals surface area contributed by atoms with Gasteiger partial charge in [-0.1, -0.05) is 72.8 Å². The number of aryl methyl sites for hydroxylation is 1. The summed E-state index contributed by atoms with van der Waals surface area (Å²) in [6, 6.07) is 31.7. The Bertz CT molecular complexity index is 1300. The Morgan fingerprint density at radius 3 is 2.20 bits per heavy atom. The predicted molar refractivity (Wildman–Crippen MR) is 121 cm³/mol. The lowest BCUT2D eigenvalue weighted by atomic mass is 10.1. The third-order valence-corrected chi connectivity index (χ3v) is 4.92. The van der Waals surface area contributed by atoms with Gasteiger partial charge in [-0.05, 0) is 23.6 Å². The Balaban J connectivity index is 0.000000168. The second-order valence-corrected chi connectivity index (χ2v) is 7.20. The monoisotopic (exact) mass is 391 g/mol. The molecule has 0 atom stereocenters. The number of hydrogen-bond donors (Lipinski definition) is 0. The lowest BCUT2D eigenvalue weighted by Gasteiger charge is -2.03. The molecule has 0 amide bonds. The molecule has 0 aliphatic carbocycles. The van der Waals surface area contributed by atoms with E-state index in [0.717, 1.165) is 22.2 Å². The fraction of sp³-hybridized carbons (Fsp3) is 0.0741. The van der Waals surface area contributed by atoms with Crippen molar-refractivity contribution in [3.63, 3.8) is 0 Å². The molecule has 3 nitrogen and oxygen atoms in total. The summed E-state index contributed by atoms with van der Waals surface area (Å²) in [5.41, 5.74) is 2.48. The molecule has 0 radical (unpaired) electrons. The molecule has 2 aromatic heterocycles. The molecular weight excluding hydrogens is 368 g/mol. The van der Waals surface area contributed by atoms with Crippen molar-refractivity contribution in [2.24, 2.45) is 7.05 Å². The zero-order chi connectivity index (χ0) is 20.8. The Labute approximate surface area is 176 Å². The van der Waals surface area contributed by atoms with E-state index in [1.165, 1.54) is 10.8 Å². The van der Waals surface area contributed by atoms with E-state index in [2.05, 4.69) is 52.3 Å². The molecule has 0 fully saturated rings. The molecule has 3 heteroatoms. The van der Waals surface area contributed by atoms with Gasteiger partial charge in [0.2, 0.25) is 0 Å². The van der Waals surface area contributed by atoms with Gasteiger partial charge in [-0.15, -0.1) is 0 Å². The number of para-hydroxylation sites is 1. The van der Waals surface area contributed by atoms with Gasteiger partial charge in [0.05, 0.1) is 11.9 Å². The summed E-state index contributed by atoms with van der Waals surface area (Å²) in [7, 11) is 2.03. The highest BCUT2D eigenvalue weighted by molar-refractivity contribution is 5.97. The molecule has 0 aliphatic rings. The van der Waals surface area contributed by atoms with Crippen molar-refractivity contribution in [2.75, 3.05) is 0 Å². The number of hydrogen-bond acceptors (Lipinski definition) is 2. The summed E-state index contributed by atoms with van der Waals surface area (Å²) >= 11 is 0. The zero-order valence-electron chi connectivity index (χ0n) is 16.9. The standard InChI is InChI=1S/C17H13NO.C10H10N/c19-17(14-7-2-1-3-8-14)12-15-11-10-13-6-4-5-9-16(13)18-15;1-11-7-6-9-4-2-3-5-10(9)8-11/h1-11H,12H2;2-8H,1H3/q;+1. The maximum absolute atomic E-state index is 12.1. The topological polar surface area (TPSA) is 33.8 Å². The quantitative estimate of drug-likeness (QED) is 0.308. The average molecular weight is 391 g/mol. The number of aromatic nitrogens is 2. The van der Waals surface area contributed by atoms with Gasteiger partial charge in [-0.2, -0.15) is 0 Å². The van der Waals surface area contributed by atoms with Gasteiger partial charge >= 0.3 is 0 Å². The normalized spacial score (nSPS) is 10.4. The van der Waals surface area contributed by atoms with Gasteiger partial charge in [0, 0.05) is 28.1 Å². The number of benzene rings is 3. The highest BCUT2D eigenvalue weighted by Gasteiger charge is 2.07. The summed E-state index contributed by atoms with van der Waals surface area (Å²) in [5.74, 6) is 0.100. The third kappa shape index (κ3) is 4.76. The summed E-state index contributed by atoms with van der Waals surface area (Å²) in [4.78, 5) is 16.6. The molecule has 0 N–H and O–H groups in total. The average Bonchev–Trinajstić information content (AvgIpc) is 2.80. The molecule has 146 valence electrons. The molecule has 0 saturated carbocycles. The number of pyridine rings is 2. The van der Waals surface area contributed by atoms with E-state index in [1.807, 2.05) is 73.8 Å². The second kappa shape index (κ2) is 9.10. The maximum Gasteiger partial charge on any atom is 0.176 e. The second-order valence-electron chi connectivity index (χ2n) is 7.20. The van der Waals surface area contributed by atoms with E-state index >= 15 is 0 Å². The molecule has 0 spiro atoms. The largest absolute Gasteiger partial charge is 0.294 e. The number of Topliss-reactive ketones (excluding diaryl/α,β-unsaturated/α-hetero) is 1. The van der Waals surface area contributed by atoms with Gasteiger partial charge in [0.1, 0.15) is 7.05 Å². The molecule has 30 heavy (non-hydrogen) atoms. The smallest absolute Gasteiger partial charge is 0.176 e. The van der Waals surface area contributed by atoms with Gasteiger partial charge in [-0.3, -0.25) is 9.78 Å². The highest BCUT2D eigenvalue weighted by Crippen LogP contribution is 2.13. The van der Waals surface area contributed by atoms with Crippen molar-refractivity contribution in [1.29, 1.82) is 0 Å². The van der Waals surface area contributed by atoms with Gasteiger partial charge in [-0.25, -0.2) is 4.57 Å². The SMILES string of the molecule is C[n+]1ccc2ccccc2c1.O=C(Cc1ccc2ccccc2n1)c1ccccc1. The fourth-order valence-electron chi connectivity index (χ4n) is 3.34. The summed E-state index contributed by atoms with van der Waals surface area (Å²) in [5, 5.41) is 3.68. The lowest BCUT2D eigenvalue weighted by Crippen LogP contribution is -2.25. The van der Waals surface area contributed by atoms with E-state index in [4.69, 9.17) is 0 Å². The Morgan fingerprint density at radius 1 is 0.733 bits per heavy atom. The Hall–Kier alpha value is -3.85. The van der Waals surface area contributed by atoms with Crippen LogP contribution in [0.25, 0.3) is 21.7 Å². The van der Waals surface area contributed by atoms with Crippen LogP contribution in [0.4, 0.5) is 0 Å². The van der Waals surface area contributed by atoms with Crippen LogP contribution in [0.1, 0.15) is 16.1 Å². The van der Waals surface area contributed by atoms with E-state index in [0.29, 0.717) is 6.42 Å². The number of fused-ring (bicyclic) bond motifs is 2. The van der Waals surface area contributed by atoms with Crippen LogP contribution in [0.3, 0.4) is 0 Å².